The molecule has 144 valence electrons. The molecule has 0 unspecified atom stereocenters. The van der Waals surface area contributed by atoms with Gasteiger partial charge in [0.25, 0.3) is 0 Å². The number of hydrogen-bond donors (Lipinski definition) is 3. The van der Waals surface area contributed by atoms with Crippen LogP contribution in [0.3, 0.4) is 0 Å². The average molecular weight is 357 g/mol. The lowest BCUT2D eigenvalue weighted by molar-refractivity contribution is -0.145. The highest BCUT2D eigenvalue weighted by atomic mass is 16.6. The Kier molecular flexibility index (Phi) is 7.22. The number of hydrogen-bond acceptors (Lipinski definition) is 5. The van der Waals surface area contributed by atoms with Crippen molar-refractivity contribution in [3.05, 3.63) is 0 Å². The Labute approximate surface area is 149 Å². The Balaban J connectivity index is 2.91. The molecule has 1 saturated carbocycles. The fourth-order valence-electron chi connectivity index (χ4n) is 3.21. The van der Waals surface area contributed by atoms with Crippen LogP contribution in [0.5, 0.6) is 0 Å². The molecule has 3 atom stereocenters. The van der Waals surface area contributed by atoms with Crippen LogP contribution in [0.1, 0.15) is 53.9 Å². The third-order valence-corrected chi connectivity index (χ3v) is 4.23. The molecule has 2 amide bonds. The maximum atomic E-state index is 12.6. The maximum Gasteiger partial charge on any atom is 0.410 e. The van der Waals surface area contributed by atoms with Crippen LogP contribution in [0.4, 0.5) is 4.79 Å². The van der Waals surface area contributed by atoms with Crippen LogP contribution in [-0.4, -0.2) is 58.2 Å². The van der Waals surface area contributed by atoms with E-state index in [2.05, 4.69) is 5.32 Å². The summed E-state index contributed by atoms with van der Waals surface area (Å²) in [5.74, 6) is -2.12. The van der Waals surface area contributed by atoms with Crippen molar-refractivity contribution in [3.63, 3.8) is 0 Å². The van der Waals surface area contributed by atoms with Gasteiger partial charge in [0.2, 0.25) is 5.91 Å². The Morgan fingerprint density at radius 1 is 1.28 bits per heavy atom. The van der Waals surface area contributed by atoms with Crippen molar-refractivity contribution in [2.24, 2.45) is 11.7 Å². The van der Waals surface area contributed by atoms with Crippen LogP contribution < -0.4 is 11.1 Å². The van der Waals surface area contributed by atoms with Gasteiger partial charge in [-0.05, 0) is 53.9 Å². The standard InChI is InChI=1S/C17H31N3O5/c1-10(2)20(16(24)25-17(3,4)5)11-6-7-13(19-14(21)9-18)12(8-11)15(22)23/h10-13H,6-9,18H2,1-5H3,(H,19,21)(H,22,23)/t11-,12-,13+/m1/s1. The summed E-state index contributed by atoms with van der Waals surface area (Å²) in [5.41, 5.74) is 4.67. The summed E-state index contributed by atoms with van der Waals surface area (Å²) in [6.45, 7) is 8.96. The van der Waals surface area contributed by atoms with Crippen LogP contribution in [0.25, 0.3) is 0 Å². The number of amides is 2. The zero-order valence-electron chi connectivity index (χ0n) is 15.7. The van der Waals surface area contributed by atoms with Crippen molar-refractivity contribution in [2.75, 3.05) is 6.54 Å². The van der Waals surface area contributed by atoms with Crippen molar-refractivity contribution in [3.8, 4) is 0 Å². The van der Waals surface area contributed by atoms with E-state index in [0.717, 1.165) is 0 Å². The second-order valence-corrected chi connectivity index (χ2v) is 7.77. The molecule has 0 aromatic heterocycles. The second-order valence-electron chi connectivity index (χ2n) is 7.77. The first-order valence-electron chi connectivity index (χ1n) is 8.69. The number of ether oxygens (including phenoxy) is 1. The van der Waals surface area contributed by atoms with E-state index in [1.165, 1.54) is 0 Å². The van der Waals surface area contributed by atoms with E-state index in [1.807, 2.05) is 13.8 Å². The number of nitrogens with zero attached hydrogens (tertiary/aromatic N) is 1. The molecule has 0 spiro atoms. The highest BCUT2D eigenvalue weighted by Gasteiger charge is 2.41. The number of carboxylic acids is 1. The topological polar surface area (TPSA) is 122 Å². The lowest BCUT2D eigenvalue weighted by Gasteiger charge is -2.42. The minimum absolute atomic E-state index is 0.121. The van der Waals surface area contributed by atoms with Gasteiger partial charge in [-0.15, -0.1) is 0 Å². The first kappa shape index (κ1) is 21.2. The Bertz CT molecular complexity index is 501. The Morgan fingerprint density at radius 2 is 1.88 bits per heavy atom. The van der Waals surface area contributed by atoms with Gasteiger partial charge in [0.05, 0.1) is 12.5 Å². The molecular weight excluding hydrogens is 326 g/mol. The number of aliphatic carboxylic acids is 1. The molecule has 25 heavy (non-hydrogen) atoms. The largest absolute Gasteiger partial charge is 0.481 e. The van der Waals surface area contributed by atoms with Gasteiger partial charge in [0.15, 0.2) is 0 Å². The number of nitrogens with one attached hydrogen (secondary N) is 1. The molecule has 1 rings (SSSR count). The molecule has 4 N–H and O–H groups in total. The first-order chi connectivity index (χ1) is 11.5. The molecule has 0 radical (unpaired) electrons. The van der Waals surface area contributed by atoms with E-state index in [1.54, 1.807) is 25.7 Å². The van der Waals surface area contributed by atoms with E-state index >= 15 is 0 Å². The molecule has 1 aliphatic rings. The van der Waals surface area contributed by atoms with Gasteiger partial charge in [-0.1, -0.05) is 0 Å². The van der Waals surface area contributed by atoms with Gasteiger partial charge < -0.3 is 25.8 Å². The summed E-state index contributed by atoms with van der Waals surface area (Å²) in [6, 6.07) is -0.844. The highest BCUT2D eigenvalue weighted by molar-refractivity contribution is 5.79. The Morgan fingerprint density at radius 3 is 2.32 bits per heavy atom. The smallest absolute Gasteiger partial charge is 0.410 e. The number of rotatable bonds is 5. The number of nitrogens with two attached hydrogens (primary N) is 1. The fraction of sp³-hybridized carbons (Fsp3) is 0.824. The SMILES string of the molecule is CC(C)N(C(=O)OC(C)(C)C)[C@@H]1CC[C@H](NC(=O)CN)[C@H](C(=O)O)C1. The van der Waals surface area contributed by atoms with Gasteiger partial charge in [0.1, 0.15) is 5.60 Å². The van der Waals surface area contributed by atoms with Crippen LogP contribution in [0, 0.1) is 5.92 Å². The minimum Gasteiger partial charge on any atom is -0.481 e. The van der Waals surface area contributed by atoms with Crippen molar-refractivity contribution in [1.82, 2.24) is 10.2 Å². The van der Waals surface area contributed by atoms with Crippen molar-refractivity contribution in [1.29, 1.82) is 0 Å². The van der Waals surface area contributed by atoms with Crippen LogP contribution in [0.2, 0.25) is 0 Å². The minimum atomic E-state index is -0.986. The van der Waals surface area contributed by atoms with Crippen LogP contribution >= 0.6 is 0 Å². The lowest BCUT2D eigenvalue weighted by Crippen LogP contribution is -2.55. The van der Waals surface area contributed by atoms with Crippen molar-refractivity contribution < 1.29 is 24.2 Å². The quantitative estimate of drug-likeness (QED) is 0.682. The van der Waals surface area contributed by atoms with Gasteiger partial charge in [-0.3, -0.25) is 9.59 Å². The van der Waals surface area contributed by atoms with E-state index < -0.39 is 29.6 Å². The zero-order valence-corrected chi connectivity index (χ0v) is 15.7. The van der Waals surface area contributed by atoms with Crippen molar-refractivity contribution in [2.45, 2.75) is 77.6 Å². The molecule has 0 heterocycles. The summed E-state index contributed by atoms with van der Waals surface area (Å²) >= 11 is 0. The van der Waals surface area contributed by atoms with Crippen molar-refractivity contribution >= 4 is 18.0 Å². The second kappa shape index (κ2) is 8.51. The molecule has 8 nitrogen and oxygen atoms in total. The lowest BCUT2D eigenvalue weighted by atomic mass is 9.80. The fourth-order valence-corrected chi connectivity index (χ4v) is 3.21. The highest BCUT2D eigenvalue weighted by Crippen LogP contribution is 2.30. The van der Waals surface area contributed by atoms with E-state index in [4.69, 9.17) is 10.5 Å². The summed E-state index contributed by atoms with van der Waals surface area (Å²) in [5, 5.41) is 12.2. The summed E-state index contributed by atoms with van der Waals surface area (Å²) in [4.78, 5) is 37.3. The molecule has 0 aromatic carbocycles. The molecule has 0 saturated heterocycles. The number of carboxylic acid groups (broad SMARTS) is 1. The van der Waals surface area contributed by atoms with Gasteiger partial charge >= 0.3 is 12.1 Å². The summed E-state index contributed by atoms with van der Waals surface area (Å²) in [6.07, 6.45) is 0.888. The first-order valence-corrected chi connectivity index (χ1v) is 8.69. The predicted molar refractivity (Wildman–Crippen MR) is 93.0 cm³/mol. The number of carbonyl (C=O) groups is 3. The molecule has 0 bridgehead atoms. The van der Waals surface area contributed by atoms with Gasteiger partial charge in [-0.2, -0.15) is 0 Å². The average Bonchev–Trinajstić information content (AvgIpc) is 2.46. The molecule has 0 aliphatic heterocycles. The summed E-state index contributed by atoms with van der Waals surface area (Å²) in [7, 11) is 0. The third kappa shape index (κ3) is 6.19. The molecular formula is C17H31N3O5. The summed E-state index contributed by atoms with van der Waals surface area (Å²) < 4.78 is 5.47. The third-order valence-electron chi connectivity index (χ3n) is 4.23. The normalized spacial score (nSPS) is 23.9. The predicted octanol–water partition coefficient (Wildman–Crippen LogP) is 1.33. The van der Waals surface area contributed by atoms with Crippen LogP contribution in [-0.2, 0) is 14.3 Å². The Hall–Kier alpha value is -1.83. The van der Waals surface area contributed by atoms with Gasteiger partial charge in [-0.25, -0.2) is 4.79 Å². The van der Waals surface area contributed by atoms with E-state index in [9.17, 15) is 19.5 Å². The van der Waals surface area contributed by atoms with Gasteiger partial charge in [0, 0.05) is 18.1 Å². The maximum absolute atomic E-state index is 12.6. The number of carbonyl (C=O) groups excluding carboxylic acids is 2. The molecule has 8 heteroatoms. The monoisotopic (exact) mass is 357 g/mol. The molecule has 1 aliphatic carbocycles. The van der Waals surface area contributed by atoms with E-state index in [0.29, 0.717) is 12.8 Å². The zero-order chi connectivity index (χ0) is 19.4. The molecule has 0 aromatic rings. The van der Waals surface area contributed by atoms with E-state index in [-0.39, 0.29) is 31.0 Å². The van der Waals surface area contributed by atoms with Crippen LogP contribution in [0.15, 0.2) is 0 Å². The molecule has 1 fully saturated rings.